The molecule has 1 fully saturated rings. The van der Waals surface area contributed by atoms with Crippen LogP contribution in [0.1, 0.15) is 29.8 Å². The molecule has 0 radical (unpaired) electrons. The predicted octanol–water partition coefficient (Wildman–Crippen LogP) is 6.85. The van der Waals surface area contributed by atoms with Crippen LogP contribution in [0.3, 0.4) is 0 Å². The van der Waals surface area contributed by atoms with E-state index in [1.54, 1.807) is 0 Å². The highest BCUT2D eigenvalue weighted by Gasteiger charge is 2.38. The van der Waals surface area contributed by atoms with Gasteiger partial charge in [-0.2, -0.15) is 13.2 Å². The SMILES string of the molecule is FC(F)(F)c1nc(Nc2c(Cl)cc(Cl)cc2Cl)sc1CN1CCCCC1. The molecule has 1 N–H and O–H groups in total. The highest BCUT2D eigenvalue weighted by atomic mass is 35.5. The van der Waals surface area contributed by atoms with Crippen LogP contribution in [0.2, 0.25) is 15.1 Å². The number of anilines is 2. The molecule has 0 bridgehead atoms. The second-order valence-corrected chi connectivity index (χ2v) is 8.33. The maximum absolute atomic E-state index is 13.4. The maximum Gasteiger partial charge on any atom is 0.434 e. The van der Waals surface area contributed by atoms with E-state index in [1.165, 1.54) is 12.1 Å². The van der Waals surface area contributed by atoms with Crippen LogP contribution in [0.25, 0.3) is 0 Å². The predicted molar refractivity (Wildman–Crippen MR) is 101 cm³/mol. The Bertz CT molecular complexity index is 766. The lowest BCUT2D eigenvalue weighted by molar-refractivity contribution is -0.141. The summed E-state index contributed by atoms with van der Waals surface area (Å²) in [6, 6.07) is 2.93. The van der Waals surface area contributed by atoms with Gasteiger partial charge in [-0.1, -0.05) is 52.6 Å². The van der Waals surface area contributed by atoms with Gasteiger partial charge in [0.1, 0.15) is 0 Å². The number of aromatic nitrogens is 1. The molecule has 0 aliphatic carbocycles. The maximum atomic E-state index is 13.4. The zero-order valence-electron chi connectivity index (χ0n) is 13.5. The molecule has 0 amide bonds. The van der Waals surface area contributed by atoms with E-state index in [-0.39, 0.29) is 32.3 Å². The molecule has 3 rings (SSSR count). The van der Waals surface area contributed by atoms with E-state index in [9.17, 15) is 13.2 Å². The molecule has 0 spiro atoms. The number of thiazole rings is 1. The number of rotatable bonds is 4. The van der Waals surface area contributed by atoms with Gasteiger partial charge in [-0.05, 0) is 38.1 Å². The van der Waals surface area contributed by atoms with Gasteiger partial charge in [0.15, 0.2) is 10.8 Å². The first kappa shape index (κ1) is 20.0. The molecule has 1 saturated heterocycles. The minimum Gasteiger partial charge on any atom is -0.329 e. The molecule has 142 valence electrons. The van der Waals surface area contributed by atoms with Crippen molar-refractivity contribution in [2.75, 3.05) is 18.4 Å². The average molecular weight is 445 g/mol. The Labute approximate surface area is 168 Å². The highest BCUT2D eigenvalue weighted by Crippen LogP contribution is 2.41. The van der Waals surface area contributed by atoms with Crippen LogP contribution in [0.5, 0.6) is 0 Å². The molecule has 1 aromatic heterocycles. The lowest BCUT2D eigenvalue weighted by atomic mass is 10.1. The van der Waals surface area contributed by atoms with Crippen LogP contribution >= 0.6 is 46.1 Å². The Balaban J connectivity index is 1.88. The summed E-state index contributed by atoms with van der Waals surface area (Å²) in [6.07, 6.45) is -1.40. The summed E-state index contributed by atoms with van der Waals surface area (Å²) in [6.45, 7) is 1.83. The van der Waals surface area contributed by atoms with Gasteiger partial charge in [0, 0.05) is 11.6 Å². The number of hydrogen-bond donors (Lipinski definition) is 1. The molecule has 3 nitrogen and oxygen atoms in total. The molecule has 1 aliphatic heterocycles. The van der Waals surface area contributed by atoms with E-state index in [4.69, 9.17) is 34.8 Å². The van der Waals surface area contributed by atoms with Crippen LogP contribution in [-0.4, -0.2) is 23.0 Å². The van der Waals surface area contributed by atoms with E-state index in [2.05, 4.69) is 10.3 Å². The quantitative estimate of drug-likeness (QED) is 0.559. The van der Waals surface area contributed by atoms with Crippen LogP contribution in [0.4, 0.5) is 24.0 Å². The lowest BCUT2D eigenvalue weighted by Crippen LogP contribution is -2.29. The third-order valence-electron chi connectivity index (χ3n) is 4.02. The van der Waals surface area contributed by atoms with Crippen molar-refractivity contribution in [1.29, 1.82) is 0 Å². The van der Waals surface area contributed by atoms with Crippen molar-refractivity contribution in [2.45, 2.75) is 32.0 Å². The number of hydrogen-bond acceptors (Lipinski definition) is 4. The largest absolute Gasteiger partial charge is 0.434 e. The van der Waals surface area contributed by atoms with E-state index in [1.807, 2.05) is 4.90 Å². The normalized spacial score (nSPS) is 16.1. The zero-order valence-corrected chi connectivity index (χ0v) is 16.6. The number of benzene rings is 1. The van der Waals surface area contributed by atoms with Crippen molar-refractivity contribution >= 4 is 57.0 Å². The molecule has 0 atom stereocenters. The van der Waals surface area contributed by atoms with Gasteiger partial charge in [0.25, 0.3) is 0 Å². The number of halogens is 6. The third-order valence-corrected chi connectivity index (χ3v) is 5.79. The summed E-state index contributed by atoms with van der Waals surface area (Å²) in [7, 11) is 0. The fourth-order valence-electron chi connectivity index (χ4n) is 2.82. The van der Waals surface area contributed by atoms with Crippen LogP contribution in [0.15, 0.2) is 12.1 Å². The molecule has 26 heavy (non-hydrogen) atoms. The number of likely N-dealkylation sites (tertiary alicyclic amines) is 1. The Morgan fingerprint density at radius 2 is 1.69 bits per heavy atom. The Hall–Kier alpha value is -0.730. The number of alkyl halides is 3. The molecule has 0 saturated carbocycles. The molecule has 0 unspecified atom stereocenters. The van der Waals surface area contributed by atoms with Gasteiger partial charge in [0.05, 0.1) is 20.6 Å². The topological polar surface area (TPSA) is 28.2 Å². The molecular weight excluding hydrogens is 430 g/mol. The van der Waals surface area contributed by atoms with Gasteiger partial charge in [-0.15, -0.1) is 0 Å². The minimum atomic E-state index is -4.52. The van der Waals surface area contributed by atoms with Crippen molar-refractivity contribution in [3.05, 3.63) is 37.8 Å². The summed E-state index contributed by atoms with van der Waals surface area (Å²) in [4.78, 5) is 5.96. The smallest absolute Gasteiger partial charge is 0.329 e. The van der Waals surface area contributed by atoms with E-state index >= 15 is 0 Å². The molecule has 2 heterocycles. The second kappa shape index (κ2) is 8.10. The molecule has 1 aromatic carbocycles. The van der Waals surface area contributed by atoms with Crippen molar-refractivity contribution < 1.29 is 13.2 Å². The number of nitrogens with one attached hydrogen (secondary N) is 1. The van der Waals surface area contributed by atoms with Gasteiger partial charge in [-0.25, -0.2) is 4.98 Å². The summed E-state index contributed by atoms with van der Waals surface area (Å²) in [5.41, 5.74) is -0.582. The van der Waals surface area contributed by atoms with Gasteiger partial charge in [0.2, 0.25) is 0 Å². The van der Waals surface area contributed by atoms with Gasteiger partial charge < -0.3 is 5.32 Å². The van der Waals surface area contributed by atoms with Crippen LogP contribution in [0, 0.1) is 0 Å². The molecule has 10 heteroatoms. The molecular formula is C16H15Cl3F3N3S. The first-order valence-corrected chi connectivity index (χ1v) is 9.90. The Morgan fingerprint density at radius 3 is 2.27 bits per heavy atom. The summed E-state index contributed by atoms with van der Waals surface area (Å²) in [5, 5.41) is 3.66. The summed E-state index contributed by atoms with van der Waals surface area (Å²) < 4.78 is 40.2. The van der Waals surface area contributed by atoms with Gasteiger partial charge >= 0.3 is 6.18 Å². The first-order chi connectivity index (χ1) is 12.2. The van der Waals surface area contributed by atoms with Crippen LogP contribution in [-0.2, 0) is 12.7 Å². The molecule has 2 aromatic rings. The van der Waals surface area contributed by atoms with Crippen molar-refractivity contribution in [1.82, 2.24) is 9.88 Å². The van der Waals surface area contributed by atoms with E-state index < -0.39 is 11.9 Å². The lowest BCUT2D eigenvalue weighted by Gasteiger charge is -2.26. The number of piperidine rings is 1. The van der Waals surface area contributed by atoms with Gasteiger partial charge in [-0.3, -0.25) is 4.90 Å². The molecule has 1 aliphatic rings. The van der Waals surface area contributed by atoms with E-state index in [0.29, 0.717) is 5.02 Å². The third kappa shape index (κ3) is 4.75. The monoisotopic (exact) mass is 443 g/mol. The second-order valence-electron chi connectivity index (χ2n) is 5.99. The fraction of sp³-hybridized carbons (Fsp3) is 0.438. The summed E-state index contributed by atoms with van der Waals surface area (Å²) >= 11 is 19.0. The van der Waals surface area contributed by atoms with Crippen molar-refractivity contribution in [2.24, 2.45) is 0 Å². The average Bonchev–Trinajstić information content (AvgIpc) is 2.95. The summed E-state index contributed by atoms with van der Waals surface area (Å²) in [5.74, 6) is 0. The fourth-order valence-corrected chi connectivity index (χ4v) is 4.76. The Morgan fingerprint density at radius 1 is 1.08 bits per heavy atom. The zero-order chi connectivity index (χ0) is 18.9. The highest BCUT2D eigenvalue weighted by molar-refractivity contribution is 7.15. The Kier molecular flexibility index (Phi) is 6.24. The first-order valence-electron chi connectivity index (χ1n) is 7.95. The minimum absolute atomic E-state index is 0.0930. The number of nitrogens with zero attached hydrogens (tertiary/aromatic N) is 2. The van der Waals surface area contributed by atoms with Crippen molar-refractivity contribution in [3.63, 3.8) is 0 Å². The standard InChI is InChI=1S/C16H15Cl3F3N3S/c17-9-6-10(18)13(11(19)7-9)23-15-24-14(16(20,21)22)12(26-15)8-25-4-2-1-3-5-25/h6-7H,1-5,8H2,(H,23,24). The van der Waals surface area contributed by atoms with E-state index in [0.717, 1.165) is 43.7 Å². The van der Waals surface area contributed by atoms with Crippen LogP contribution < -0.4 is 5.32 Å². The van der Waals surface area contributed by atoms with Crippen molar-refractivity contribution in [3.8, 4) is 0 Å².